The molecule has 9 heteroatoms. The lowest BCUT2D eigenvalue weighted by Crippen LogP contribution is -2.29. The van der Waals surface area contributed by atoms with E-state index >= 15 is 0 Å². The summed E-state index contributed by atoms with van der Waals surface area (Å²) in [7, 11) is 0. The van der Waals surface area contributed by atoms with Gasteiger partial charge in [-0.3, -0.25) is 9.69 Å². The fraction of sp³-hybridized carbons (Fsp3) is 0.130. The Hall–Kier alpha value is -3.75. The van der Waals surface area contributed by atoms with Gasteiger partial charge in [-0.1, -0.05) is 6.08 Å². The van der Waals surface area contributed by atoms with E-state index in [4.69, 9.17) is 0 Å². The zero-order valence-electron chi connectivity index (χ0n) is 16.8. The van der Waals surface area contributed by atoms with Crippen LogP contribution in [-0.2, 0) is 11.0 Å². The Balaban J connectivity index is 2.18. The van der Waals surface area contributed by atoms with Crippen LogP contribution >= 0.6 is 0 Å². The molecule has 1 heterocycles. The number of aldehydes is 1. The molecule has 0 saturated carbocycles. The molecule has 0 aliphatic heterocycles. The van der Waals surface area contributed by atoms with E-state index in [1.807, 2.05) is 0 Å². The predicted octanol–water partition coefficient (Wildman–Crippen LogP) is 6.20. The molecule has 0 saturated heterocycles. The number of hydrogen-bond donors (Lipinski definition) is 1. The predicted molar refractivity (Wildman–Crippen MR) is 112 cm³/mol. The minimum absolute atomic E-state index is 0.0527. The molecule has 0 radical (unpaired) electrons. The van der Waals surface area contributed by atoms with Crippen molar-refractivity contribution in [3.05, 3.63) is 101 Å². The van der Waals surface area contributed by atoms with Crippen LogP contribution in [0.1, 0.15) is 17.5 Å². The maximum absolute atomic E-state index is 13.7. The highest BCUT2D eigenvalue weighted by Gasteiger charge is 2.35. The maximum Gasteiger partial charge on any atom is 0.416 e. The molecule has 0 unspecified atom stereocenters. The molecule has 2 aromatic rings. The van der Waals surface area contributed by atoms with Crippen LogP contribution in [0.2, 0.25) is 0 Å². The van der Waals surface area contributed by atoms with E-state index in [2.05, 4.69) is 10.3 Å². The molecule has 0 amide bonds. The highest BCUT2D eigenvalue weighted by Crippen LogP contribution is 2.37. The van der Waals surface area contributed by atoms with E-state index in [1.54, 1.807) is 0 Å². The van der Waals surface area contributed by atoms with Crippen LogP contribution in [0.5, 0.6) is 0 Å². The van der Waals surface area contributed by atoms with Crippen molar-refractivity contribution in [2.75, 3.05) is 10.2 Å². The summed E-state index contributed by atoms with van der Waals surface area (Å²) in [6.45, 7) is 1.26. The van der Waals surface area contributed by atoms with Crippen molar-refractivity contribution in [1.29, 1.82) is 0 Å². The second-order valence-electron chi connectivity index (χ2n) is 6.78. The van der Waals surface area contributed by atoms with Gasteiger partial charge in [-0.15, -0.1) is 0 Å². The lowest BCUT2D eigenvalue weighted by atomic mass is 10.1. The molecule has 3 rings (SSSR count). The number of hydrogen-bond acceptors (Lipinski definition) is 4. The minimum atomic E-state index is -4.63. The number of allylic oxidation sites excluding steroid dienone is 6. The van der Waals surface area contributed by atoms with E-state index in [0.29, 0.717) is 17.7 Å². The van der Waals surface area contributed by atoms with Gasteiger partial charge in [0.2, 0.25) is 0 Å². The normalized spacial score (nSPS) is 14.4. The average Bonchev–Trinajstić information content (AvgIpc) is 2.95. The van der Waals surface area contributed by atoms with Gasteiger partial charge in [-0.25, -0.2) is 13.8 Å². The Morgan fingerprint density at radius 1 is 1.12 bits per heavy atom. The van der Waals surface area contributed by atoms with Crippen LogP contribution in [0.3, 0.4) is 0 Å². The average molecular weight is 447 g/mol. The van der Waals surface area contributed by atoms with E-state index < -0.39 is 23.4 Å². The van der Waals surface area contributed by atoms with Gasteiger partial charge in [0.1, 0.15) is 29.6 Å². The zero-order valence-corrected chi connectivity index (χ0v) is 16.8. The molecule has 4 nitrogen and oxygen atoms in total. The molecule has 1 aromatic carbocycles. The molecule has 1 aromatic heterocycles. The standard InChI is InChI=1S/C23H18F5N3O/c1-15-20(23(26,27)28)11-13-29-22(15)31(19-4-2-3-16(24)7-10-19)21(12-14-32)30-18-8-5-17(25)6-9-18/h2-3,5-14,30H,4H2,1H3/b21-12-. The maximum atomic E-state index is 13.7. The molecule has 1 N–H and O–H groups in total. The summed E-state index contributed by atoms with van der Waals surface area (Å²) in [5, 5.41) is 2.91. The molecule has 32 heavy (non-hydrogen) atoms. The second-order valence-corrected chi connectivity index (χ2v) is 6.78. The lowest BCUT2D eigenvalue weighted by Gasteiger charge is -2.31. The summed E-state index contributed by atoms with van der Waals surface area (Å²) >= 11 is 0. The number of anilines is 2. The number of pyridine rings is 1. The van der Waals surface area contributed by atoms with Gasteiger partial charge in [-0.05, 0) is 55.5 Å². The first-order valence-corrected chi connectivity index (χ1v) is 9.44. The molecule has 1 aliphatic carbocycles. The Morgan fingerprint density at radius 2 is 1.84 bits per heavy atom. The van der Waals surface area contributed by atoms with E-state index in [-0.39, 0.29) is 23.6 Å². The third kappa shape index (κ3) is 5.29. The summed E-state index contributed by atoms with van der Waals surface area (Å²) in [6, 6.07) is 6.03. The molecule has 0 spiro atoms. The molecule has 0 bridgehead atoms. The number of carbonyl (C=O) groups excluding carboxylic acids is 1. The first-order chi connectivity index (χ1) is 15.2. The number of carbonyl (C=O) groups is 1. The van der Waals surface area contributed by atoms with Gasteiger partial charge in [-0.2, -0.15) is 13.2 Å². The van der Waals surface area contributed by atoms with Gasteiger partial charge in [0.25, 0.3) is 0 Å². The van der Waals surface area contributed by atoms with Gasteiger partial charge in [0.05, 0.1) is 5.56 Å². The smallest absolute Gasteiger partial charge is 0.341 e. The van der Waals surface area contributed by atoms with E-state index in [1.165, 1.54) is 54.3 Å². The van der Waals surface area contributed by atoms with E-state index in [9.17, 15) is 26.7 Å². The van der Waals surface area contributed by atoms with Crippen LogP contribution in [0.25, 0.3) is 0 Å². The SMILES string of the molecule is Cc1c(C(F)(F)F)ccnc1N(C1=CC=C(F)C=CC1)/C(=C\C=O)Nc1ccc(F)cc1. The van der Waals surface area contributed by atoms with Gasteiger partial charge >= 0.3 is 6.18 Å². The van der Waals surface area contributed by atoms with Crippen molar-refractivity contribution >= 4 is 17.8 Å². The fourth-order valence-corrected chi connectivity index (χ4v) is 3.14. The van der Waals surface area contributed by atoms with Crippen LogP contribution in [0.4, 0.5) is 33.5 Å². The van der Waals surface area contributed by atoms with Gasteiger partial charge in [0.15, 0.2) is 0 Å². The van der Waals surface area contributed by atoms with Gasteiger partial charge < -0.3 is 5.32 Å². The zero-order chi connectivity index (χ0) is 23.3. The third-order valence-corrected chi connectivity index (χ3v) is 4.60. The largest absolute Gasteiger partial charge is 0.416 e. The number of nitrogens with one attached hydrogen (secondary N) is 1. The lowest BCUT2D eigenvalue weighted by molar-refractivity contribution is -0.138. The highest BCUT2D eigenvalue weighted by molar-refractivity contribution is 5.73. The Labute approximate surface area is 181 Å². The molecule has 1 aliphatic rings. The van der Waals surface area contributed by atoms with Crippen LogP contribution < -0.4 is 10.2 Å². The molecule has 166 valence electrons. The summed E-state index contributed by atoms with van der Waals surface area (Å²) in [5.74, 6) is -1.07. The van der Waals surface area contributed by atoms with Crippen molar-refractivity contribution in [1.82, 2.24) is 4.98 Å². The number of halogens is 5. The fourth-order valence-electron chi connectivity index (χ4n) is 3.14. The minimum Gasteiger partial charge on any atom is -0.341 e. The summed E-state index contributed by atoms with van der Waals surface area (Å²) < 4.78 is 67.6. The summed E-state index contributed by atoms with van der Waals surface area (Å²) in [5.41, 5.74) is -0.352. The first-order valence-electron chi connectivity index (χ1n) is 9.44. The monoisotopic (exact) mass is 447 g/mol. The summed E-state index contributed by atoms with van der Waals surface area (Å²) in [4.78, 5) is 16.8. The number of nitrogens with zero attached hydrogens (tertiary/aromatic N) is 2. The highest BCUT2D eigenvalue weighted by atomic mass is 19.4. The van der Waals surface area contributed by atoms with Crippen LogP contribution in [0.15, 0.2) is 84.3 Å². The second kappa shape index (κ2) is 9.59. The number of aromatic nitrogens is 1. The van der Waals surface area contributed by atoms with Crippen LogP contribution in [-0.4, -0.2) is 11.3 Å². The Bertz CT molecular complexity index is 1120. The van der Waals surface area contributed by atoms with Crippen LogP contribution in [0, 0.1) is 12.7 Å². The van der Waals surface area contributed by atoms with Crippen molar-refractivity contribution < 1.29 is 26.7 Å². The number of benzene rings is 1. The molecule has 0 atom stereocenters. The Morgan fingerprint density at radius 3 is 2.50 bits per heavy atom. The first kappa shape index (κ1) is 22.9. The van der Waals surface area contributed by atoms with Crippen molar-refractivity contribution in [2.45, 2.75) is 19.5 Å². The Kier molecular flexibility index (Phi) is 6.87. The van der Waals surface area contributed by atoms with Crippen molar-refractivity contribution in [3.8, 4) is 0 Å². The number of alkyl halides is 3. The quantitative estimate of drug-likeness (QED) is 0.325. The molecule has 0 fully saturated rings. The third-order valence-electron chi connectivity index (χ3n) is 4.60. The van der Waals surface area contributed by atoms with Crippen molar-refractivity contribution in [3.63, 3.8) is 0 Å². The molecular formula is C23H18F5N3O. The molecular weight excluding hydrogens is 429 g/mol. The topological polar surface area (TPSA) is 45.2 Å². The number of rotatable bonds is 6. The van der Waals surface area contributed by atoms with E-state index in [0.717, 1.165) is 24.4 Å². The van der Waals surface area contributed by atoms with Gasteiger partial charge in [0, 0.05) is 35.6 Å². The van der Waals surface area contributed by atoms with Crippen molar-refractivity contribution in [2.24, 2.45) is 0 Å². The summed E-state index contributed by atoms with van der Waals surface area (Å²) in [6.07, 6.45) is 3.34.